The van der Waals surface area contributed by atoms with E-state index in [1.807, 2.05) is 30.3 Å². The number of terminal acetylenes is 1. The number of amides is 1. The molecule has 3 aromatic carbocycles. The molecule has 0 atom stereocenters. The molecule has 170 valence electrons. The van der Waals surface area contributed by atoms with Gasteiger partial charge in [-0.3, -0.25) is 4.79 Å². The topological polar surface area (TPSA) is 76.6 Å². The zero-order chi connectivity index (χ0) is 23.5. The van der Waals surface area contributed by atoms with E-state index >= 15 is 0 Å². The SMILES string of the molecule is C#CC(=O)N1CCC(Oc2cc3c(Nc4ccc5ccccc5c4)ncnc3cc2OC)CC1. The number of carbonyl (C=O) groups excluding carboxylic acids is 1. The van der Waals surface area contributed by atoms with Crippen molar-refractivity contribution in [2.24, 2.45) is 0 Å². The number of carbonyl (C=O) groups is 1. The number of aromatic nitrogens is 2. The van der Waals surface area contributed by atoms with Gasteiger partial charge in [0.2, 0.25) is 0 Å². The average molecular weight is 453 g/mol. The molecule has 4 aromatic rings. The number of likely N-dealkylation sites (tertiary alicyclic amines) is 1. The summed E-state index contributed by atoms with van der Waals surface area (Å²) in [6.45, 7) is 1.14. The fourth-order valence-electron chi connectivity index (χ4n) is 4.27. The molecular weight excluding hydrogens is 428 g/mol. The Morgan fingerprint density at radius 1 is 1.06 bits per heavy atom. The van der Waals surface area contributed by atoms with Crippen LogP contribution in [0.5, 0.6) is 11.5 Å². The first-order valence-electron chi connectivity index (χ1n) is 11.2. The molecule has 0 unspecified atom stereocenters. The maximum absolute atomic E-state index is 11.7. The Bertz CT molecular complexity index is 1400. The smallest absolute Gasteiger partial charge is 0.298 e. The largest absolute Gasteiger partial charge is 0.493 e. The highest BCUT2D eigenvalue weighted by Gasteiger charge is 2.24. The summed E-state index contributed by atoms with van der Waals surface area (Å²) in [5.41, 5.74) is 1.68. The third kappa shape index (κ3) is 4.30. The lowest BCUT2D eigenvalue weighted by atomic mass is 10.1. The van der Waals surface area contributed by atoms with Crippen LogP contribution < -0.4 is 14.8 Å². The van der Waals surface area contributed by atoms with Gasteiger partial charge < -0.3 is 19.7 Å². The molecule has 7 heteroatoms. The summed E-state index contributed by atoms with van der Waals surface area (Å²) in [5.74, 6) is 3.81. The van der Waals surface area contributed by atoms with Crippen LogP contribution in [0.4, 0.5) is 11.5 Å². The quantitative estimate of drug-likeness (QED) is 0.448. The highest BCUT2D eigenvalue weighted by atomic mass is 16.5. The molecule has 7 nitrogen and oxygen atoms in total. The van der Waals surface area contributed by atoms with Gasteiger partial charge in [0, 0.05) is 43.1 Å². The summed E-state index contributed by atoms with van der Waals surface area (Å²) >= 11 is 0. The van der Waals surface area contributed by atoms with Crippen molar-refractivity contribution < 1.29 is 14.3 Å². The van der Waals surface area contributed by atoms with Crippen molar-refractivity contribution in [3.63, 3.8) is 0 Å². The number of rotatable bonds is 5. The molecule has 0 saturated carbocycles. The van der Waals surface area contributed by atoms with E-state index < -0.39 is 0 Å². The molecule has 1 fully saturated rings. The Hall–Kier alpha value is -4.31. The molecule has 2 heterocycles. The molecule has 5 rings (SSSR count). The first-order chi connectivity index (χ1) is 16.6. The number of nitrogens with one attached hydrogen (secondary N) is 1. The lowest BCUT2D eigenvalue weighted by Gasteiger charge is -2.31. The molecule has 1 aromatic heterocycles. The Labute approximate surface area is 197 Å². The van der Waals surface area contributed by atoms with Crippen LogP contribution in [0, 0.1) is 12.3 Å². The van der Waals surface area contributed by atoms with Crippen LogP contribution in [0.15, 0.2) is 60.9 Å². The highest BCUT2D eigenvalue weighted by Crippen LogP contribution is 2.36. The van der Waals surface area contributed by atoms with Crippen LogP contribution >= 0.6 is 0 Å². The van der Waals surface area contributed by atoms with Gasteiger partial charge in [0.1, 0.15) is 18.2 Å². The van der Waals surface area contributed by atoms with Crippen molar-refractivity contribution in [1.82, 2.24) is 14.9 Å². The lowest BCUT2D eigenvalue weighted by Crippen LogP contribution is -2.41. The molecule has 0 aliphatic carbocycles. The van der Waals surface area contributed by atoms with E-state index in [1.54, 1.807) is 12.0 Å². The van der Waals surface area contributed by atoms with Crippen molar-refractivity contribution in [3.05, 3.63) is 60.9 Å². The van der Waals surface area contributed by atoms with Crippen LogP contribution in [0.1, 0.15) is 12.8 Å². The van der Waals surface area contributed by atoms with Crippen LogP contribution in [0.25, 0.3) is 21.7 Å². The molecule has 0 spiro atoms. The zero-order valence-corrected chi connectivity index (χ0v) is 18.8. The van der Waals surface area contributed by atoms with Gasteiger partial charge in [0.05, 0.1) is 12.6 Å². The minimum atomic E-state index is -0.275. The van der Waals surface area contributed by atoms with Crippen LogP contribution in [-0.4, -0.2) is 47.1 Å². The van der Waals surface area contributed by atoms with Crippen molar-refractivity contribution >= 4 is 39.1 Å². The number of benzene rings is 3. The fourth-order valence-corrected chi connectivity index (χ4v) is 4.27. The first-order valence-corrected chi connectivity index (χ1v) is 11.2. The first kappa shape index (κ1) is 21.5. The second-order valence-electron chi connectivity index (χ2n) is 8.18. The van der Waals surface area contributed by atoms with Crippen molar-refractivity contribution in [3.8, 4) is 23.8 Å². The second-order valence-corrected chi connectivity index (χ2v) is 8.18. The van der Waals surface area contributed by atoms with Crippen LogP contribution in [0.2, 0.25) is 0 Å². The number of piperidine rings is 1. The molecule has 0 radical (unpaired) electrons. The third-order valence-electron chi connectivity index (χ3n) is 6.08. The number of nitrogens with zero attached hydrogens (tertiary/aromatic N) is 3. The van der Waals surface area contributed by atoms with Gasteiger partial charge in [0.25, 0.3) is 5.91 Å². The van der Waals surface area contributed by atoms with E-state index in [2.05, 4.69) is 45.5 Å². The number of methoxy groups -OCH3 is 1. The van der Waals surface area contributed by atoms with Gasteiger partial charge in [-0.2, -0.15) is 0 Å². The summed E-state index contributed by atoms with van der Waals surface area (Å²) in [4.78, 5) is 22.3. The van der Waals surface area contributed by atoms with E-state index in [0.717, 1.165) is 22.0 Å². The number of fused-ring (bicyclic) bond motifs is 2. The lowest BCUT2D eigenvalue weighted by molar-refractivity contribution is -0.126. The van der Waals surface area contributed by atoms with Crippen molar-refractivity contribution in [2.45, 2.75) is 18.9 Å². The minimum Gasteiger partial charge on any atom is -0.493 e. The van der Waals surface area contributed by atoms with Gasteiger partial charge >= 0.3 is 0 Å². The number of anilines is 2. The van der Waals surface area contributed by atoms with Gasteiger partial charge in [-0.1, -0.05) is 30.3 Å². The van der Waals surface area contributed by atoms with E-state index in [9.17, 15) is 4.79 Å². The highest BCUT2D eigenvalue weighted by molar-refractivity contribution is 5.94. The average Bonchev–Trinajstić information content (AvgIpc) is 2.88. The summed E-state index contributed by atoms with van der Waals surface area (Å²) in [7, 11) is 1.61. The maximum Gasteiger partial charge on any atom is 0.298 e. The summed E-state index contributed by atoms with van der Waals surface area (Å²) in [6.07, 6.45) is 8.12. The van der Waals surface area contributed by atoms with Gasteiger partial charge in [-0.25, -0.2) is 9.97 Å². The third-order valence-corrected chi connectivity index (χ3v) is 6.08. The van der Waals surface area contributed by atoms with Crippen molar-refractivity contribution in [1.29, 1.82) is 0 Å². The molecule has 1 saturated heterocycles. The Kier molecular flexibility index (Phi) is 5.88. The van der Waals surface area contributed by atoms with Crippen LogP contribution in [0.3, 0.4) is 0 Å². The molecule has 1 amide bonds. The maximum atomic E-state index is 11.7. The molecular formula is C27H24N4O3. The second kappa shape index (κ2) is 9.28. The minimum absolute atomic E-state index is 0.0466. The standard InChI is InChI=1S/C27H24N4O3/c1-3-26(32)31-12-10-21(11-13-31)34-25-15-22-23(16-24(25)33-2)28-17-29-27(22)30-20-9-8-18-6-4-5-7-19(18)14-20/h1,4-9,14-17,21H,10-13H2,2H3,(H,28,29,30). The Morgan fingerprint density at radius 2 is 1.85 bits per heavy atom. The number of hydrogen-bond acceptors (Lipinski definition) is 6. The molecule has 1 aliphatic heterocycles. The zero-order valence-electron chi connectivity index (χ0n) is 18.8. The summed E-state index contributed by atoms with van der Waals surface area (Å²) in [5, 5.41) is 6.57. The Morgan fingerprint density at radius 3 is 2.62 bits per heavy atom. The molecule has 1 aliphatic rings. The number of ether oxygens (including phenoxy) is 2. The van der Waals surface area contributed by atoms with Gasteiger partial charge in [-0.05, 0) is 34.9 Å². The fraction of sp³-hybridized carbons (Fsp3) is 0.222. The summed E-state index contributed by atoms with van der Waals surface area (Å²) in [6, 6.07) is 18.2. The Balaban J connectivity index is 1.42. The van der Waals surface area contributed by atoms with Gasteiger partial charge in [-0.15, -0.1) is 6.42 Å². The number of hydrogen-bond donors (Lipinski definition) is 1. The summed E-state index contributed by atoms with van der Waals surface area (Å²) < 4.78 is 11.9. The predicted molar refractivity (Wildman–Crippen MR) is 132 cm³/mol. The normalized spacial score (nSPS) is 14.1. The van der Waals surface area contributed by atoms with Gasteiger partial charge in [0.15, 0.2) is 11.5 Å². The molecule has 0 bridgehead atoms. The van der Waals surface area contributed by atoms with Crippen molar-refractivity contribution in [2.75, 3.05) is 25.5 Å². The monoisotopic (exact) mass is 452 g/mol. The molecule has 34 heavy (non-hydrogen) atoms. The van der Waals surface area contributed by atoms with E-state index in [-0.39, 0.29) is 12.0 Å². The van der Waals surface area contributed by atoms with Crippen LogP contribution in [-0.2, 0) is 4.79 Å². The van der Waals surface area contributed by atoms with E-state index in [4.69, 9.17) is 15.9 Å². The van der Waals surface area contributed by atoms with E-state index in [1.165, 1.54) is 11.7 Å². The van der Waals surface area contributed by atoms with E-state index in [0.29, 0.717) is 43.2 Å². The predicted octanol–water partition coefficient (Wildman–Crippen LogP) is 4.54. The molecule has 1 N–H and O–H groups in total.